The van der Waals surface area contributed by atoms with Gasteiger partial charge >= 0.3 is 0 Å². The van der Waals surface area contributed by atoms with Gasteiger partial charge in [0.25, 0.3) is 0 Å². The molecule has 190 valence electrons. The SMILES string of the molecule is CCCCC/C=C\C/C=C\C/C=C\C/C=C\CCCC(=O)NCC(C)(C)OCC(C)(C)NC. The summed E-state index contributed by atoms with van der Waals surface area (Å²) >= 11 is 0. The molecule has 0 bridgehead atoms. The van der Waals surface area contributed by atoms with Crippen molar-refractivity contribution < 1.29 is 9.53 Å². The summed E-state index contributed by atoms with van der Waals surface area (Å²) in [4.78, 5) is 12.1. The number of likely N-dealkylation sites (N-methyl/N-ethyl adjacent to an activating group) is 1. The highest BCUT2D eigenvalue weighted by Gasteiger charge is 2.24. The van der Waals surface area contributed by atoms with E-state index in [4.69, 9.17) is 4.74 Å². The fraction of sp³-hybridized carbons (Fsp3) is 0.690. The minimum absolute atomic E-state index is 0.0790. The molecule has 0 atom stereocenters. The van der Waals surface area contributed by atoms with E-state index in [0.29, 0.717) is 19.6 Å². The zero-order chi connectivity index (χ0) is 24.8. The van der Waals surface area contributed by atoms with Gasteiger partial charge in [-0.05, 0) is 79.7 Å². The molecule has 0 heterocycles. The predicted molar refractivity (Wildman–Crippen MR) is 145 cm³/mol. The summed E-state index contributed by atoms with van der Waals surface area (Å²) in [5.41, 5.74) is -0.458. The molecule has 0 aromatic carbocycles. The van der Waals surface area contributed by atoms with Crippen LogP contribution in [0.4, 0.5) is 0 Å². The van der Waals surface area contributed by atoms with Crippen LogP contribution in [0.2, 0.25) is 0 Å². The summed E-state index contributed by atoms with van der Waals surface area (Å²) in [6.07, 6.45) is 28.2. The lowest BCUT2D eigenvalue weighted by molar-refractivity contribution is -0.123. The summed E-state index contributed by atoms with van der Waals surface area (Å²) in [5, 5.41) is 6.23. The molecule has 0 aromatic heterocycles. The quantitative estimate of drug-likeness (QED) is 0.151. The number of hydrogen-bond acceptors (Lipinski definition) is 3. The molecule has 1 amide bonds. The third-order valence-electron chi connectivity index (χ3n) is 5.44. The zero-order valence-electron chi connectivity index (χ0n) is 22.4. The highest BCUT2D eigenvalue weighted by Crippen LogP contribution is 2.12. The second kappa shape index (κ2) is 19.8. The summed E-state index contributed by atoms with van der Waals surface area (Å²) in [6.45, 7) is 11.6. The number of unbranched alkanes of at least 4 members (excludes halogenated alkanes) is 4. The second-order valence-electron chi connectivity index (χ2n) is 9.94. The molecule has 4 nitrogen and oxygen atoms in total. The minimum atomic E-state index is -0.379. The number of ether oxygens (including phenoxy) is 1. The fourth-order valence-corrected chi connectivity index (χ4v) is 2.84. The maximum atomic E-state index is 12.1. The van der Waals surface area contributed by atoms with E-state index in [1.165, 1.54) is 25.7 Å². The predicted octanol–water partition coefficient (Wildman–Crippen LogP) is 7.04. The summed E-state index contributed by atoms with van der Waals surface area (Å²) in [7, 11) is 1.93. The molecular weight excluding hydrogens is 408 g/mol. The van der Waals surface area contributed by atoms with Crippen molar-refractivity contribution in [3.8, 4) is 0 Å². The van der Waals surface area contributed by atoms with Crippen molar-refractivity contribution >= 4 is 5.91 Å². The molecule has 0 aromatic rings. The number of hydrogen-bond donors (Lipinski definition) is 2. The van der Waals surface area contributed by atoms with E-state index in [-0.39, 0.29) is 17.0 Å². The van der Waals surface area contributed by atoms with Gasteiger partial charge in [0.05, 0.1) is 12.2 Å². The Hall–Kier alpha value is -1.65. The van der Waals surface area contributed by atoms with Gasteiger partial charge in [-0.25, -0.2) is 0 Å². The molecule has 33 heavy (non-hydrogen) atoms. The lowest BCUT2D eigenvalue weighted by Gasteiger charge is -2.32. The van der Waals surface area contributed by atoms with Crippen LogP contribution in [0.3, 0.4) is 0 Å². The molecule has 0 saturated heterocycles. The van der Waals surface area contributed by atoms with E-state index in [1.54, 1.807) is 0 Å². The first-order valence-corrected chi connectivity index (χ1v) is 12.9. The van der Waals surface area contributed by atoms with Gasteiger partial charge < -0.3 is 15.4 Å². The lowest BCUT2D eigenvalue weighted by atomic mass is 10.1. The Morgan fingerprint density at radius 3 is 1.82 bits per heavy atom. The summed E-state index contributed by atoms with van der Waals surface area (Å²) < 4.78 is 5.97. The van der Waals surface area contributed by atoms with Gasteiger partial charge in [0.2, 0.25) is 5.91 Å². The Balaban J connectivity index is 3.74. The van der Waals surface area contributed by atoms with E-state index in [9.17, 15) is 4.79 Å². The minimum Gasteiger partial charge on any atom is -0.372 e. The van der Waals surface area contributed by atoms with E-state index in [1.807, 2.05) is 20.9 Å². The van der Waals surface area contributed by atoms with Gasteiger partial charge in [-0.15, -0.1) is 0 Å². The first-order valence-electron chi connectivity index (χ1n) is 12.9. The maximum absolute atomic E-state index is 12.1. The van der Waals surface area contributed by atoms with Gasteiger partial charge in [0.15, 0.2) is 0 Å². The Morgan fingerprint density at radius 1 is 0.788 bits per heavy atom. The zero-order valence-corrected chi connectivity index (χ0v) is 22.4. The number of carbonyl (C=O) groups is 1. The van der Waals surface area contributed by atoms with Crippen LogP contribution >= 0.6 is 0 Å². The van der Waals surface area contributed by atoms with Crippen molar-refractivity contribution in [2.75, 3.05) is 20.2 Å². The topological polar surface area (TPSA) is 50.4 Å². The van der Waals surface area contributed by atoms with Crippen LogP contribution in [0.5, 0.6) is 0 Å². The third kappa shape index (κ3) is 21.9. The van der Waals surface area contributed by atoms with Crippen molar-refractivity contribution in [3.05, 3.63) is 48.6 Å². The Bertz CT molecular complexity index is 601. The number of allylic oxidation sites excluding steroid dienone is 8. The van der Waals surface area contributed by atoms with Gasteiger partial charge in [-0.1, -0.05) is 68.4 Å². The normalized spacial score (nSPS) is 13.3. The van der Waals surface area contributed by atoms with Crippen molar-refractivity contribution in [1.82, 2.24) is 10.6 Å². The first kappa shape index (κ1) is 31.4. The average Bonchev–Trinajstić information content (AvgIpc) is 2.78. The first-order chi connectivity index (χ1) is 15.7. The Kier molecular flexibility index (Phi) is 18.8. The van der Waals surface area contributed by atoms with Crippen molar-refractivity contribution in [1.29, 1.82) is 0 Å². The molecule has 0 aliphatic heterocycles. The van der Waals surface area contributed by atoms with E-state index in [0.717, 1.165) is 32.1 Å². The molecule has 0 unspecified atom stereocenters. The number of rotatable bonds is 20. The van der Waals surface area contributed by atoms with Crippen molar-refractivity contribution in [3.63, 3.8) is 0 Å². The second-order valence-corrected chi connectivity index (χ2v) is 9.94. The van der Waals surface area contributed by atoms with E-state index in [2.05, 4.69) is 80.0 Å². The molecule has 2 N–H and O–H groups in total. The highest BCUT2D eigenvalue weighted by atomic mass is 16.5. The van der Waals surface area contributed by atoms with Crippen LogP contribution in [-0.4, -0.2) is 37.2 Å². The highest BCUT2D eigenvalue weighted by molar-refractivity contribution is 5.75. The third-order valence-corrected chi connectivity index (χ3v) is 5.44. The number of amides is 1. The van der Waals surface area contributed by atoms with Crippen LogP contribution < -0.4 is 10.6 Å². The molecule has 0 aliphatic carbocycles. The van der Waals surface area contributed by atoms with Crippen molar-refractivity contribution in [2.45, 2.75) is 110 Å². The smallest absolute Gasteiger partial charge is 0.220 e. The Morgan fingerprint density at radius 2 is 1.30 bits per heavy atom. The van der Waals surface area contributed by atoms with Crippen LogP contribution in [-0.2, 0) is 9.53 Å². The monoisotopic (exact) mass is 460 g/mol. The van der Waals surface area contributed by atoms with Crippen molar-refractivity contribution in [2.24, 2.45) is 0 Å². The van der Waals surface area contributed by atoms with Crippen LogP contribution in [0.1, 0.15) is 98.8 Å². The summed E-state index contributed by atoms with van der Waals surface area (Å²) in [5.74, 6) is 0.0930. The largest absolute Gasteiger partial charge is 0.372 e. The average molecular weight is 461 g/mol. The van der Waals surface area contributed by atoms with Gasteiger partial charge in [0, 0.05) is 18.5 Å². The molecule has 0 aliphatic rings. The molecule has 0 spiro atoms. The van der Waals surface area contributed by atoms with Crippen LogP contribution in [0.15, 0.2) is 48.6 Å². The molecular formula is C29H52N2O2. The van der Waals surface area contributed by atoms with Crippen LogP contribution in [0.25, 0.3) is 0 Å². The number of nitrogens with one attached hydrogen (secondary N) is 2. The van der Waals surface area contributed by atoms with Gasteiger partial charge in [-0.2, -0.15) is 0 Å². The van der Waals surface area contributed by atoms with Gasteiger partial charge in [0.1, 0.15) is 0 Å². The molecule has 0 fully saturated rings. The van der Waals surface area contributed by atoms with Crippen LogP contribution in [0, 0.1) is 0 Å². The fourth-order valence-electron chi connectivity index (χ4n) is 2.84. The maximum Gasteiger partial charge on any atom is 0.220 e. The standard InChI is InChI=1S/C29H52N2O2/c1-7-8-9-10-11-12-13-14-15-16-17-18-19-20-21-22-23-24-27(32)31-25-29(4,5)33-26-28(2,3)30-6/h11-12,14-15,17-18,20-21,30H,7-10,13,16,19,22-26H2,1-6H3,(H,31,32)/b12-11-,15-14-,18-17-,21-20-. The van der Waals surface area contributed by atoms with E-state index >= 15 is 0 Å². The number of carbonyl (C=O) groups excluding carboxylic acids is 1. The lowest BCUT2D eigenvalue weighted by Crippen LogP contribution is -2.47. The molecule has 4 heteroatoms. The van der Waals surface area contributed by atoms with Gasteiger partial charge in [-0.3, -0.25) is 4.79 Å². The molecule has 0 rings (SSSR count). The molecule has 0 radical (unpaired) electrons. The van der Waals surface area contributed by atoms with E-state index < -0.39 is 0 Å². The molecule has 0 saturated carbocycles. The Labute approximate surface area is 205 Å². The summed E-state index contributed by atoms with van der Waals surface area (Å²) in [6, 6.07) is 0.